The van der Waals surface area contributed by atoms with Crippen molar-refractivity contribution >= 4 is 11.6 Å². The molecule has 1 aromatic carbocycles. The van der Waals surface area contributed by atoms with Crippen molar-refractivity contribution in [3.8, 4) is 17.0 Å². The molecule has 0 amide bonds. The van der Waals surface area contributed by atoms with E-state index in [1.165, 1.54) is 0 Å². The average Bonchev–Trinajstić information content (AvgIpc) is 2.34. The molecule has 1 heterocycles. The van der Waals surface area contributed by atoms with Crippen LogP contribution in [-0.2, 0) is 0 Å². The van der Waals surface area contributed by atoms with Gasteiger partial charge in [0.2, 0.25) is 5.28 Å². The number of rotatable bonds is 3. The van der Waals surface area contributed by atoms with E-state index >= 15 is 0 Å². The molecule has 0 aliphatic carbocycles. The Morgan fingerprint density at radius 1 is 1.29 bits per heavy atom. The molecule has 1 aromatic heterocycles. The molecule has 0 fully saturated rings. The van der Waals surface area contributed by atoms with Crippen LogP contribution < -0.4 is 4.74 Å². The molecule has 0 bridgehead atoms. The van der Waals surface area contributed by atoms with E-state index in [0.29, 0.717) is 12.2 Å². The van der Waals surface area contributed by atoms with Gasteiger partial charge in [0.25, 0.3) is 0 Å². The fourth-order valence-electron chi connectivity index (χ4n) is 1.42. The Kier molecular flexibility index (Phi) is 3.54. The van der Waals surface area contributed by atoms with Gasteiger partial charge in [-0.2, -0.15) is 0 Å². The van der Waals surface area contributed by atoms with Crippen LogP contribution in [0.25, 0.3) is 11.3 Å². The van der Waals surface area contributed by atoms with Crippen molar-refractivity contribution in [1.82, 2.24) is 9.97 Å². The molecule has 2 rings (SSSR count). The molecule has 17 heavy (non-hydrogen) atoms. The van der Waals surface area contributed by atoms with Gasteiger partial charge in [0.05, 0.1) is 12.8 Å². The molecule has 0 radical (unpaired) electrons. The molecule has 0 aliphatic rings. The first kappa shape index (κ1) is 11.8. The average molecular weight is 253 g/mol. The Bertz CT molecular complexity index is 516. The van der Waals surface area contributed by atoms with Crippen molar-refractivity contribution in [2.45, 2.75) is 6.92 Å². The first-order valence-corrected chi connectivity index (χ1v) is 5.49. The quantitative estimate of drug-likeness (QED) is 0.786. The largest absolute Gasteiger partial charge is 0.494 e. The summed E-state index contributed by atoms with van der Waals surface area (Å²) < 4.78 is 18.8. The van der Waals surface area contributed by atoms with Crippen LogP contribution >= 0.6 is 11.6 Å². The van der Waals surface area contributed by atoms with Gasteiger partial charge in [-0.3, -0.25) is 0 Å². The van der Waals surface area contributed by atoms with Crippen LogP contribution in [0.2, 0.25) is 5.28 Å². The van der Waals surface area contributed by atoms with Gasteiger partial charge < -0.3 is 4.74 Å². The van der Waals surface area contributed by atoms with Crippen LogP contribution in [-0.4, -0.2) is 16.6 Å². The van der Waals surface area contributed by atoms with Gasteiger partial charge in [0.1, 0.15) is 11.4 Å². The molecule has 0 saturated carbocycles. The van der Waals surface area contributed by atoms with Crippen LogP contribution in [0.1, 0.15) is 6.92 Å². The van der Waals surface area contributed by atoms with E-state index in [4.69, 9.17) is 16.3 Å². The number of hydrogen-bond donors (Lipinski definition) is 0. The van der Waals surface area contributed by atoms with Crippen molar-refractivity contribution < 1.29 is 9.13 Å². The van der Waals surface area contributed by atoms with Crippen molar-refractivity contribution in [3.05, 3.63) is 41.6 Å². The minimum absolute atomic E-state index is 0.0234. The van der Waals surface area contributed by atoms with Gasteiger partial charge in [0.15, 0.2) is 5.82 Å². The van der Waals surface area contributed by atoms with Gasteiger partial charge in [-0.25, -0.2) is 14.4 Å². The third-order valence-electron chi connectivity index (χ3n) is 2.15. The molecule has 5 heteroatoms. The molecule has 88 valence electrons. The fraction of sp³-hybridized carbons (Fsp3) is 0.167. The highest BCUT2D eigenvalue weighted by Crippen LogP contribution is 2.23. The molecule has 3 nitrogen and oxygen atoms in total. The lowest BCUT2D eigenvalue weighted by Gasteiger charge is -2.05. The van der Waals surface area contributed by atoms with Crippen LogP contribution in [0, 0.1) is 5.82 Å². The Balaban J connectivity index is 2.36. The summed E-state index contributed by atoms with van der Waals surface area (Å²) in [6.07, 6.45) is 1.06. The van der Waals surface area contributed by atoms with Gasteiger partial charge in [-0.1, -0.05) is 0 Å². The number of hydrogen-bond acceptors (Lipinski definition) is 3. The summed E-state index contributed by atoms with van der Waals surface area (Å²) in [6, 6.07) is 6.97. The second kappa shape index (κ2) is 5.10. The number of benzene rings is 1. The van der Waals surface area contributed by atoms with Gasteiger partial charge in [0, 0.05) is 5.56 Å². The maximum Gasteiger partial charge on any atom is 0.223 e. The van der Waals surface area contributed by atoms with Gasteiger partial charge in [-0.05, 0) is 42.8 Å². The number of ether oxygens (including phenoxy) is 1. The highest BCUT2D eigenvalue weighted by Gasteiger charge is 2.08. The molecule has 0 atom stereocenters. The molecular weight excluding hydrogens is 243 g/mol. The molecule has 0 spiro atoms. The van der Waals surface area contributed by atoms with Crippen LogP contribution in [0.4, 0.5) is 4.39 Å². The predicted molar refractivity (Wildman–Crippen MR) is 63.6 cm³/mol. The summed E-state index contributed by atoms with van der Waals surface area (Å²) >= 11 is 5.63. The Morgan fingerprint density at radius 2 is 2.00 bits per heavy atom. The minimum Gasteiger partial charge on any atom is -0.494 e. The lowest BCUT2D eigenvalue weighted by atomic mass is 10.1. The third kappa shape index (κ3) is 2.71. The highest BCUT2D eigenvalue weighted by molar-refractivity contribution is 6.28. The number of aromatic nitrogens is 2. The second-order valence-electron chi connectivity index (χ2n) is 3.29. The Labute approximate surface area is 103 Å². The van der Waals surface area contributed by atoms with E-state index in [2.05, 4.69) is 9.97 Å². The highest BCUT2D eigenvalue weighted by atomic mass is 35.5. The first-order valence-electron chi connectivity index (χ1n) is 5.12. The topological polar surface area (TPSA) is 35.0 Å². The second-order valence-corrected chi connectivity index (χ2v) is 3.63. The van der Waals surface area contributed by atoms with E-state index in [9.17, 15) is 4.39 Å². The Hall–Kier alpha value is -1.68. The summed E-state index contributed by atoms with van der Waals surface area (Å²) in [6.45, 7) is 2.49. The van der Waals surface area contributed by atoms with E-state index < -0.39 is 5.82 Å². The standard InChI is InChI=1S/C12H10ClFN2O/c1-2-17-9-5-3-8(4-6-9)11-10(14)7-15-12(13)16-11/h3-7H,2H2,1H3. The molecule has 0 aliphatic heterocycles. The molecule has 0 saturated heterocycles. The zero-order valence-electron chi connectivity index (χ0n) is 9.15. The predicted octanol–water partition coefficient (Wildman–Crippen LogP) is 3.33. The van der Waals surface area contributed by atoms with Gasteiger partial charge >= 0.3 is 0 Å². The Morgan fingerprint density at radius 3 is 2.65 bits per heavy atom. The van der Waals surface area contributed by atoms with E-state index in [1.807, 2.05) is 6.92 Å². The smallest absolute Gasteiger partial charge is 0.223 e. The lowest BCUT2D eigenvalue weighted by Crippen LogP contribution is -1.94. The maximum absolute atomic E-state index is 13.5. The summed E-state index contributed by atoms with van der Waals surface area (Å²) in [5.41, 5.74) is 0.823. The molecule has 2 aromatic rings. The van der Waals surface area contributed by atoms with Crippen molar-refractivity contribution in [2.75, 3.05) is 6.61 Å². The summed E-state index contributed by atoms with van der Waals surface area (Å²) in [4.78, 5) is 7.42. The van der Waals surface area contributed by atoms with E-state index in [1.54, 1.807) is 24.3 Å². The van der Waals surface area contributed by atoms with Gasteiger partial charge in [-0.15, -0.1) is 0 Å². The van der Waals surface area contributed by atoms with Crippen LogP contribution in [0.15, 0.2) is 30.5 Å². The normalized spacial score (nSPS) is 10.3. The minimum atomic E-state index is -0.501. The number of halogens is 2. The monoisotopic (exact) mass is 252 g/mol. The summed E-state index contributed by atoms with van der Waals surface area (Å²) in [7, 11) is 0. The van der Waals surface area contributed by atoms with E-state index in [-0.39, 0.29) is 11.0 Å². The van der Waals surface area contributed by atoms with Crippen molar-refractivity contribution in [1.29, 1.82) is 0 Å². The molecule has 0 unspecified atom stereocenters. The fourth-order valence-corrected chi connectivity index (χ4v) is 1.56. The lowest BCUT2D eigenvalue weighted by molar-refractivity contribution is 0.340. The van der Waals surface area contributed by atoms with Crippen molar-refractivity contribution in [2.24, 2.45) is 0 Å². The summed E-state index contributed by atoms with van der Waals surface area (Å²) in [5, 5.41) is 0.0234. The van der Waals surface area contributed by atoms with E-state index in [0.717, 1.165) is 11.9 Å². The zero-order chi connectivity index (χ0) is 12.3. The van der Waals surface area contributed by atoms with Crippen LogP contribution in [0.5, 0.6) is 5.75 Å². The van der Waals surface area contributed by atoms with Crippen LogP contribution in [0.3, 0.4) is 0 Å². The first-order chi connectivity index (χ1) is 8.20. The van der Waals surface area contributed by atoms with Crippen molar-refractivity contribution in [3.63, 3.8) is 0 Å². The molecule has 0 N–H and O–H groups in total. The third-order valence-corrected chi connectivity index (χ3v) is 2.34. The summed E-state index contributed by atoms with van der Waals surface area (Å²) in [5.74, 6) is 0.232. The zero-order valence-corrected chi connectivity index (χ0v) is 9.91. The molecular formula is C12H10ClFN2O. The maximum atomic E-state index is 13.5. The number of nitrogens with zero attached hydrogens (tertiary/aromatic N) is 2. The SMILES string of the molecule is CCOc1ccc(-c2nc(Cl)ncc2F)cc1.